The molecule has 4 heteroatoms. The average Bonchev–Trinajstić information content (AvgIpc) is 2.52. The standard InChI is InChI=1S/C19H23N3O/c1-13-5-8-17(9-6-13)12-20-22-19(23)16(4)21-18-10-7-14(2)15(3)11-18/h5-12,16,21H,1-4H3,(H,22,23)/b20-12-/t16-/m1/s1. The number of nitrogens with one attached hydrogen (secondary N) is 2. The van der Waals surface area contributed by atoms with Gasteiger partial charge in [0.2, 0.25) is 0 Å². The van der Waals surface area contributed by atoms with E-state index in [2.05, 4.69) is 29.7 Å². The van der Waals surface area contributed by atoms with Gasteiger partial charge in [0.05, 0.1) is 6.21 Å². The number of carbonyl (C=O) groups is 1. The molecule has 120 valence electrons. The summed E-state index contributed by atoms with van der Waals surface area (Å²) in [5, 5.41) is 7.18. The Bertz CT molecular complexity index is 705. The van der Waals surface area contributed by atoms with E-state index in [1.54, 1.807) is 6.21 Å². The maximum atomic E-state index is 12.1. The monoisotopic (exact) mass is 309 g/mol. The maximum Gasteiger partial charge on any atom is 0.262 e. The zero-order chi connectivity index (χ0) is 16.8. The molecule has 4 nitrogen and oxygen atoms in total. The Hall–Kier alpha value is -2.62. The third kappa shape index (κ3) is 4.95. The van der Waals surface area contributed by atoms with Crippen LogP contribution in [0.25, 0.3) is 0 Å². The quantitative estimate of drug-likeness (QED) is 0.655. The van der Waals surface area contributed by atoms with Crippen LogP contribution in [0.1, 0.15) is 29.2 Å². The first kappa shape index (κ1) is 16.7. The molecule has 0 aromatic heterocycles. The van der Waals surface area contributed by atoms with Crippen LogP contribution in [0.2, 0.25) is 0 Å². The van der Waals surface area contributed by atoms with Crippen molar-refractivity contribution < 1.29 is 4.79 Å². The van der Waals surface area contributed by atoms with Crippen LogP contribution in [-0.4, -0.2) is 18.2 Å². The fraction of sp³-hybridized carbons (Fsp3) is 0.263. The minimum Gasteiger partial charge on any atom is -0.374 e. The molecule has 0 aliphatic rings. The number of anilines is 1. The number of amides is 1. The van der Waals surface area contributed by atoms with Crippen LogP contribution in [0.4, 0.5) is 5.69 Å². The molecule has 0 heterocycles. The second-order valence-corrected chi connectivity index (χ2v) is 5.81. The molecule has 23 heavy (non-hydrogen) atoms. The number of hydrogen-bond acceptors (Lipinski definition) is 3. The maximum absolute atomic E-state index is 12.1. The predicted octanol–water partition coefficient (Wildman–Crippen LogP) is 3.56. The van der Waals surface area contributed by atoms with Crippen molar-refractivity contribution >= 4 is 17.8 Å². The SMILES string of the molecule is Cc1ccc(/C=N\NC(=O)[C@@H](C)Nc2ccc(C)c(C)c2)cc1. The van der Waals surface area contributed by atoms with Crippen molar-refractivity contribution in [1.82, 2.24) is 5.43 Å². The predicted molar refractivity (Wildman–Crippen MR) is 95.9 cm³/mol. The zero-order valence-electron chi connectivity index (χ0n) is 14.1. The van der Waals surface area contributed by atoms with Crippen molar-refractivity contribution in [3.05, 3.63) is 64.7 Å². The average molecular weight is 309 g/mol. The van der Waals surface area contributed by atoms with Crippen molar-refractivity contribution in [1.29, 1.82) is 0 Å². The Labute approximate surface area is 137 Å². The van der Waals surface area contributed by atoms with Crippen molar-refractivity contribution in [2.24, 2.45) is 5.10 Å². The minimum absolute atomic E-state index is 0.174. The molecule has 0 fully saturated rings. The molecule has 2 aromatic carbocycles. The molecule has 0 radical (unpaired) electrons. The van der Waals surface area contributed by atoms with Gasteiger partial charge in [-0.2, -0.15) is 5.10 Å². The van der Waals surface area contributed by atoms with E-state index in [-0.39, 0.29) is 11.9 Å². The number of aryl methyl sites for hydroxylation is 3. The summed E-state index contributed by atoms with van der Waals surface area (Å²) >= 11 is 0. The number of carbonyl (C=O) groups excluding carboxylic acids is 1. The Morgan fingerprint density at radius 1 is 1.04 bits per heavy atom. The smallest absolute Gasteiger partial charge is 0.262 e. The third-order valence-electron chi connectivity index (χ3n) is 3.75. The van der Waals surface area contributed by atoms with Gasteiger partial charge in [0.25, 0.3) is 5.91 Å². The third-order valence-corrected chi connectivity index (χ3v) is 3.75. The molecule has 0 bridgehead atoms. The van der Waals surface area contributed by atoms with Gasteiger partial charge in [0.15, 0.2) is 0 Å². The van der Waals surface area contributed by atoms with Crippen LogP contribution in [0.3, 0.4) is 0 Å². The second-order valence-electron chi connectivity index (χ2n) is 5.81. The molecule has 1 atom stereocenters. The molecule has 2 N–H and O–H groups in total. The summed E-state index contributed by atoms with van der Waals surface area (Å²) in [6.45, 7) is 7.96. The highest BCUT2D eigenvalue weighted by molar-refractivity contribution is 5.86. The summed E-state index contributed by atoms with van der Waals surface area (Å²) in [4.78, 5) is 12.1. The van der Waals surface area contributed by atoms with Gasteiger partial charge in [0.1, 0.15) is 6.04 Å². The molecule has 2 aromatic rings. The Balaban J connectivity index is 1.89. The van der Waals surface area contributed by atoms with E-state index in [4.69, 9.17) is 0 Å². The molecule has 1 amide bonds. The summed E-state index contributed by atoms with van der Waals surface area (Å²) in [5.41, 5.74) is 8.06. The van der Waals surface area contributed by atoms with Gasteiger partial charge in [-0.25, -0.2) is 5.43 Å². The lowest BCUT2D eigenvalue weighted by Gasteiger charge is -2.14. The first-order valence-corrected chi connectivity index (χ1v) is 7.69. The van der Waals surface area contributed by atoms with E-state index in [1.165, 1.54) is 16.7 Å². The number of nitrogens with zero attached hydrogens (tertiary/aromatic N) is 1. The Kier molecular flexibility index (Phi) is 5.52. The lowest BCUT2D eigenvalue weighted by Crippen LogP contribution is -2.34. The molecule has 0 unspecified atom stereocenters. The minimum atomic E-state index is -0.368. The molecule has 2 rings (SSSR count). The van der Waals surface area contributed by atoms with Crippen LogP contribution in [-0.2, 0) is 4.79 Å². The van der Waals surface area contributed by atoms with Crippen molar-refractivity contribution in [3.8, 4) is 0 Å². The first-order chi connectivity index (χ1) is 11.0. The van der Waals surface area contributed by atoms with E-state index in [0.717, 1.165) is 11.3 Å². The van der Waals surface area contributed by atoms with E-state index in [9.17, 15) is 4.79 Å². The van der Waals surface area contributed by atoms with Gasteiger partial charge < -0.3 is 5.32 Å². The van der Waals surface area contributed by atoms with Crippen LogP contribution in [0.5, 0.6) is 0 Å². The van der Waals surface area contributed by atoms with Crippen molar-refractivity contribution in [2.45, 2.75) is 33.7 Å². The fourth-order valence-electron chi connectivity index (χ4n) is 2.07. The van der Waals surface area contributed by atoms with E-state index in [1.807, 2.05) is 56.3 Å². The summed E-state index contributed by atoms with van der Waals surface area (Å²) in [6, 6.07) is 13.6. The van der Waals surface area contributed by atoms with Gasteiger partial charge in [0, 0.05) is 5.69 Å². The van der Waals surface area contributed by atoms with E-state index < -0.39 is 0 Å². The zero-order valence-corrected chi connectivity index (χ0v) is 14.1. The number of benzene rings is 2. The summed E-state index contributed by atoms with van der Waals surface area (Å²) < 4.78 is 0. The van der Waals surface area contributed by atoms with Gasteiger partial charge in [-0.05, 0) is 56.5 Å². The fourth-order valence-corrected chi connectivity index (χ4v) is 2.07. The summed E-state index contributed by atoms with van der Waals surface area (Å²) in [6.07, 6.45) is 1.64. The molecule has 0 spiro atoms. The van der Waals surface area contributed by atoms with E-state index >= 15 is 0 Å². The summed E-state index contributed by atoms with van der Waals surface area (Å²) in [5.74, 6) is -0.174. The molecule has 0 saturated heterocycles. The molecule has 0 aliphatic carbocycles. The van der Waals surface area contributed by atoms with Crippen LogP contribution < -0.4 is 10.7 Å². The van der Waals surface area contributed by atoms with Crippen LogP contribution >= 0.6 is 0 Å². The molecule has 0 aliphatic heterocycles. The number of rotatable bonds is 5. The summed E-state index contributed by atoms with van der Waals surface area (Å²) in [7, 11) is 0. The first-order valence-electron chi connectivity index (χ1n) is 7.69. The lowest BCUT2D eigenvalue weighted by molar-refractivity contribution is -0.121. The number of hydrazone groups is 1. The largest absolute Gasteiger partial charge is 0.374 e. The Morgan fingerprint density at radius 2 is 1.74 bits per heavy atom. The van der Waals surface area contributed by atoms with Crippen molar-refractivity contribution in [2.75, 3.05) is 5.32 Å². The van der Waals surface area contributed by atoms with Gasteiger partial charge in [-0.3, -0.25) is 4.79 Å². The molecular formula is C19H23N3O. The highest BCUT2D eigenvalue weighted by Gasteiger charge is 2.11. The topological polar surface area (TPSA) is 53.5 Å². The Morgan fingerprint density at radius 3 is 2.39 bits per heavy atom. The molecule has 0 saturated carbocycles. The van der Waals surface area contributed by atoms with Gasteiger partial charge in [-0.15, -0.1) is 0 Å². The second kappa shape index (κ2) is 7.58. The van der Waals surface area contributed by atoms with Gasteiger partial charge >= 0.3 is 0 Å². The van der Waals surface area contributed by atoms with Crippen LogP contribution in [0, 0.1) is 20.8 Å². The highest BCUT2D eigenvalue weighted by atomic mass is 16.2. The lowest BCUT2D eigenvalue weighted by atomic mass is 10.1. The normalized spacial score (nSPS) is 12.2. The van der Waals surface area contributed by atoms with Crippen LogP contribution in [0.15, 0.2) is 47.6 Å². The highest BCUT2D eigenvalue weighted by Crippen LogP contribution is 2.15. The number of hydrogen-bond donors (Lipinski definition) is 2. The van der Waals surface area contributed by atoms with Crippen molar-refractivity contribution in [3.63, 3.8) is 0 Å². The van der Waals surface area contributed by atoms with E-state index in [0.29, 0.717) is 0 Å². The molecular weight excluding hydrogens is 286 g/mol. The van der Waals surface area contributed by atoms with Gasteiger partial charge in [-0.1, -0.05) is 35.9 Å².